The van der Waals surface area contributed by atoms with Crippen molar-refractivity contribution < 1.29 is 14.5 Å². The lowest BCUT2D eigenvalue weighted by Gasteiger charge is -2.10. The maximum Gasteiger partial charge on any atom is 0.315 e. The Balaban J connectivity index is 1.69. The van der Waals surface area contributed by atoms with Crippen molar-refractivity contribution in [3.8, 4) is 0 Å². The van der Waals surface area contributed by atoms with Crippen molar-refractivity contribution in [1.29, 1.82) is 0 Å². The van der Waals surface area contributed by atoms with Gasteiger partial charge in [-0.3, -0.25) is 14.9 Å². The highest BCUT2D eigenvalue weighted by Crippen LogP contribution is 2.22. The van der Waals surface area contributed by atoms with Gasteiger partial charge >= 0.3 is 6.03 Å². The van der Waals surface area contributed by atoms with E-state index in [2.05, 4.69) is 21.3 Å². The van der Waals surface area contributed by atoms with Crippen LogP contribution in [0, 0.1) is 10.1 Å². The van der Waals surface area contributed by atoms with Crippen molar-refractivity contribution in [1.82, 2.24) is 10.6 Å². The molecule has 0 aromatic heterocycles. The fraction of sp³-hybridized carbons (Fsp3) is 0.263. The van der Waals surface area contributed by atoms with Crippen LogP contribution < -0.4 is 21.3 Å². The summed E-state index contributed by atoms with van der Waals surface area (Å²) < 4.78 is 0. The zero-order valence-electron chi connectivity index (χ0n) is 15.5. The van der Waals surface area contributed by atoms with E-state index < -0.39 is 4.92 Å². The molecule has 148 valence electrons. The van der Waals surface area contributed by atoms with Gasteiger partial charge in [0.25, 0.3) is 5.69 Å². The number of nitrogens with zero attached hydrogens (tertiary/aromatic N) is 1. The molecule has 0 aliphatic carbocycles. The van der Waals surface area contributed by atoms with Crippen molar-refractivity contribution in [2.75, 3.05) is 23.7 Å². The smallest absolute Gasteiger partial charge is 0.315 e. The summed E-state index contributed by atoms with van der Waals surface area (Å²) in [6, 6.07) is 13.2. The lowest BCUT2D eigenvalue weighted by Crippen LogP contribution is -2.37. The van der Waals surface area contributed by atoms with E-state index in [1.165, 1.54) is 6.07 Å². The number of anilines is 2. The van der Waals surface area contributed by atoms with Crippen LogP contribution in [0.15, 0.2) is 48.5 Å². The third-order valence-electron chi connectivity index (χ3n) is 3.84. The van der Waals surface area contributed by atoms with Gasteiger partial charge in [-0.1, -0.05) is 31.2 Å². The van der Waals surface area contributed by atoms with Crippen LogP contribution in [0.2, 0.25) is 0 Å². The minimum Gasteiger partial charge on any atom is -0.378 e. The molecule has 0 aliphatic heterocycles. The SMILES string of the molecule is CCC(=O)Nc1ccc(CNC(=O)NCCNc2ccccc2[N+](=O)[O-])cc1. The zero-order valence-corrected chi connectivity index (χ0v) is 15.5. The summed E-state index contributed by atoms with van der Waals surface area (Å²) >= 11 is 0. The summed E-state index contributed by atoms with van der Waals surface area (Å²) in [5.74, 6) is -0.0558. The Morgan fingerprint density at radius 2 is 1.71 bits per heavy atom. The van der Waals surface area contributed by atoms with E-state index in [0.717, 1.165) is 5.56 Å². The van der Waals surface area contributed by atoms with Gasteiger partial charge in [0.1, 0.15) is 5.69 Å². The Kier molecular flexibility index (Phi) is 7.77. The summed E-state index contributed by atoms with van der Waals surface area (Å²) in [5.41, 5.74) is 2.00. The Morgan fingerprint density at radius 1 is 1.00 bits per heavy atom. The first-order valence-corrected chi connectivity index (χ1v) is 8.87. The molecule has 2 aromatic rings. The topological polar surface area (TPSA) is 125 Å². The van der Waals surface area contributed by atoms with Gasteiger partial charge in [0.05, 0.1) is 4.92 Å². The van der Waals surface area contributed by atoms with Crippen LogP contribution in [0.3, 0.4) is 0 Å². The Bertz CT molecular complexity index is 823. The molecule has 0 unspecified atom stereocenters. The lowest BCUT2D eigenvalue weighted by molar-refractivity contribution is -0.384. The fourth-order valence-electron chi connectivity index (χ4n) is 2.36. The molecule has 0 saturated heterocycles. The molecule has 0 saturated carbocycles. The van der Waals surface area contributed by atoms with E-state index in [9.17, 15) is 19.7 Å². The van der Waals surface area contributed by atoms with Crippen molar-refractivity contribution in [2.24, 2.45) is 0 Å². The number of nitro benzene ring substituents is 1. The standard InChI is InChI=1S/C19H23N5O4/c1-2-18(25)23-15-9-7-14(8-10-15)13-22-19(26)21-12-11-20-16-5-3-4-6-17(16)24(27)28/h3-10,20H,2,11-13H2,1H3,(H,23,25)(H2,21,22,26). The van der Waals surface area contributed by atoms with Gasteiger partial charge < -0.3 is 21.3 Å². The van der Waals surface area contributed by atoms with Gasteiger partial charge in [-0.05, 0) is 23.8 Å². The number of amides is 3. The third kappa shape index (κ3) is 6.60. The summed E-state index contributed by atoms with van der Waals surface area (Å²) in [4.78, 5) is 33.7. The van der Waals surface area contributed by atoms with E-state index in [1.807, 2.05) is 12.1 Å². The quantitative estimate of drug-likeness (QED) is 0.300. The second kappa shape index (κ2) is 10.5. The molecule has 0 atom stereocenters. The van der Waals surface area contributed by atoms with Crippen molar-refractivity contribution in [2.45, 2.75) is 19.9 Å². The van der Waals surface area contributed by atoms with Crippen LogP contribution in [0.1, 0.15) is 18.9 Å². The molecule has 2 rings (SSSR count). The number of hydrogen-bond acceptors (Lipinski definition) is 5. The molecule has 0 aliphatic rings. The van der Waals surface area contributed by atoms with Crippen LogP contribution >= 0.6 is 0 Å². The molecule has 9 heteroatoms. The first kappa shape index (κ1) is 20.7. The van der Waals surface area contributed by atoms with E-state index in [0.29, 0.717) is 37.4 Å². The Hall–Kier alpha value is -3.62. The van der Waals surface area contributed by atoms with Crippen LogP contribution in [0.4, 0.5) is 21.9 Å². The highest BCUT2D eigenvalue weighted by Gasteiger charge is 2.11. The maximum absolute atomic E-state index is 11.8. The monoisotopic (exact) mass is 385 g/mol. The average Bonchev–Trinajstić information content (AvgIpc) is 2.70. The molecule has 0 fully saturated rings. The molecule has 4 N–H and O–H groups in total. The normalized spacial score (nSPS) is 10.0. The predicted octanol–water partition coefficient (Wildman–Crippen LogP) is 2.85. The molecule has 0 heterocycles. The van der Waals surface area contributed by atoms with E-state index in [1.54, 1.807) is 37.3 Å². The predicted molar refractivity (Wildman–Crippen MR) is 107 cm³/mol. The van der Waals surface area contributed by atoms with Gasteiger partial charge in [-0.15, -0.1) is 0 Å². The number of urea groups is 1. The van der Waals surface area contributed by atoms with Crippen LogP contribution in [-0.4, -0.2) is 30.0 Å². The number of carbonyl (C=O) groups excluding carboxylic acids is 2. The fourth-order valence-corrected chi connectivity index (χ4v) is 2.36. The maximum atomic E-state index is 11.8. The van der Waals surface area contributed by atoms with Crippen molar-refractivity contribution in [3.05, 3.63) is 64.2 Å². The van der Waals surface area contributed by atoms with E-state index in [4.69, 9.17) is 0 Å². The number of nitro groups is 1. The highest BCUT2D eigenvalue weighted by molar-refractivity contribution is 5.90. The Morgan fingerprint density at radius 3 is 2.39 bits per heavy atom. The number of benzene rings is 2. The molecule has 9 nitrogen and oxygen atoms in total. The van der Waals surface area contributed by atoms with Crippen LogP contribution in [-0.2, 0) is 11.3 Å². The number of hydrogen-bond donors (Lipinski definition) is 4. The Labute approximate surface area is 162 Å². The molecule has 28 heavy (non-hydrogen) atoms. The van der Waals surface area contributed by atoms with Gasteiger partial charge in [0, 0.05) is 37.8 Å². The van der Waals surface area contributed by atoms with E-state index in [-0.39, 0.29) is 17.6 Å². The first-order chi connectivity index (χ1) is 13.5. The van der Waals surface area contributed by atoms with Crippen LogP contribution in [0.25, 0.3) is 0 Å². The van der Waals surface area contributed by atoms with Crippen molar-refractivity contribution in [3.63, 3.8) is 0 Å². The molecular weight excluding hydrogens is 362 g/mol. The zero-order chi connectivity index (χ0) is 20.4. The molecule has 0 radical (unpaired) electrons. The van der Waals surface area contributed by atoms with Gasteiger partial charge in [0.2, 0.25) is 5.91 Å². The summed E-state index contributed by atoms with van der Waals surface area (Å²) in [6.07, 6.45) is 0.413. The lowest BCUT2D eigenvalue weighted by atomic mass is 10.2. The average molecular weight is 385 g/mol. The summed E-state index contributed by atoms with van der Waals surface area (Å²) in [7, 11) is 0. The van der Waals surface area contributed by atoms with Crippen molar-refractivity contribution >= 4 is 29.0 Å². The number of carbonyl (C=O) groups is 2. The van der Waals surface area contributed by atoms with Gasteiger partial charge in [-0.2, -0.15) is 0 Å². The number of nitrogens with one attached hydrogen (secondary N) is 4. The highest BCUT2D eigenvalue weighted by atomic mass is 16.6. The summed E-state index contributed by atoms with van der Waals surface area (Å²) in [6.45, 7) is 2.78. The third-order valence-corrected chi connectivity index (χ3v) is 3.84. The van der Waals surface area contributed by atoms with Gasteiger partial charge in [-0.25, -0.2) is 4.79 Å². The van der Waals surface area contributed by atoms with E-state index >= 15 is 0 Å². The minimum atomic E-state index is -0.457. The number of para-hydroxylation sites is 2. The second-order valence-electron chi connectivity index (χ2n) is 5.91. The van der Waals surface area contributed by atoms with Gasteiger partial charge in [0.15, 0.2) is 0 Å². The first-order valence-electron chi connectivity index (χ1n) is 8.87. The molecule has 2 aromatic carbocycles. The largest absolute Gasteiger partial charge is 0.378 e. The van der Waals surface area contributed by atoms with Crippen LogP contribution in [0.5, 0.6) is 0 Å². The molecule has 0 spiro atoms. The summed E-state index contributed by atoms with van der Waals surface area (Å²) in [5, 5.41) is 22.0. The number of rotatable bonds is 9. The molecule has 3 amide bonds. The molecular formula is C19H23N5O4. The minimum absolute atomic E-state index is 0.00877. The second-order valence-corrected chi connectivity index (χ2v) is 5.91. The molecule has 0 bridgehead atoms.